The second kappa shape index (κ2) is 11.1. The molecule has 2 fully saturated rings. The zero-order valence-electron chi connectivity index (χ0n) is 15.1. The van der Waals surface area contributed by atoms with Gasteiger partial charge in [0.25, 0.3) is 0 Å². The van der Waals surface area contributed by atoms with Gasteiger partial charge in [0.2, 0.25) is 0 Å². The summed E-state index contributed by atoms with van der Waals surface area (Å²) >= 11 is 0. The smallest absolute Gasteiger partial charge is 0.333 e. The highest BCUT2D eigenvalue weighted by atomic mass is 31.1. The van der Waals surface area contributed by atoms with Crippen molar-refractivity contribution in [3.8, 4) is 0 Å². The van der Waals surface area contributed by atoms with Crippen LogP contribution in [0.5, 0.6) is 0 Å². The van der Waals surface area contributed by atoms with Crippen LogP contribution in [0.3, 0.4) is 0 Å². The number of aliphatic carboxylic acids is 1. The molecule has 2 saturated carbocycles. The van der Waals surface area contributed by atoms with Crippen molar-refractivity contribution in [2.45, 2.75) is 83.1 Å². The van der Waals surface area contributed by atoms with Crippen LogP contribution in [-0.4, -0.2) is 23.7 Å². The van der Waals surface area contributed by atoms with E-state index < -0.39 is 14.7 Å². The topological polar surface area (TPSA) is 89.6 Å². The Balaban J connectivity index is 2.11. The molecule has 0 saturated heterocycles. The number of carboxylic acids is 1. The number of nitrogens with two attached hydrogens (primary N) is 1. The SMILES string of the molecule is NC(CC(=C(COP=O)C(=O)O)C1CCCCC1)CC1CCCCC1. The summed E-state index contributed by atoms with van der Waals surface area (Å²) in [5, 5.41) is 9.65. The summed E-state index contributed by atoms with van der Waals surface area (Å²) < 4.78 is 15.5. The van der Waals surface area contributed by atoms with Crippen molar-refractivity contribution in [1.29, 1.82) is 0 Å². The summed E-state index contributed by atoms with van der Waals surface area (Å²) in [7, 11) is -0.477. The lowest BCUT2D eigenvalue weighted by Crippen LogP contribution is -2.28. The van der Waals surface area contributed by atoms with Gasteiger partial charge in [-0.05, 0) is 37.5 Å². The molecule has 2 rings (SSSR count). The molecular formula is C19H32NO4P. The molecule has 0 spiro atoms. The van der Waals surface area contributed by atoms with Crippen molar-refractivity contribution < 1.29 is 19.0 Å². The first-order valence-corrected chi connectivity index (χ1v) is 10.5. The number of rotatable bonds is 9. The molecule has 25 heavy (non-hydrogen) atoms. The average Bonchev–Trinajstić information content (AvgIpc) is 2.62. The van der Waals surface area contributed by atoms with Gasteiger partial charge in [0.1, 0.15) is 0 Å². The van der Waals surface area contributed by atoms with Crippen LogP contribution in [0.25, 0.3) is 0 Å². The number of carbonyl (C=O) groups is 1. The maximum Gasteiger partial charge on any atom is 0.333 e. The van der Waals surface area contributed by atoms with Crippen molar-refractivity contribution in [1.82, 2.24) is 0 Å². The molecule has 0 aromatic carbocycles. The predicted molar refractivity (Wildman–Crippen MR) is 98.6 cm³/mol. The van der Waals surface area contributed by atoms with E-state index in [9.17, 15) is 14.5 Å². The Morgan fingerprint density at radius 2 is 1.68 bits per heavy atom. The van der Waals surface area contributed by atoms with Crippen molar-refractivity contribution in [3.63, 3.8) is 0 Å². The Morgan fingerprint density at radius 1 is 1.08 bits per heavy atom. The van der Waals surface area contributed by atoms with Gasteiger partial charge in [-0.25, -0.2) is 9.36 Å². The quantitative estimate of drug-likeness (QED) is 0.447. The van der Waals surface area contributed by atoms with Gasteiger partial charge in [-0.2, -0.15) is 0 Å². The van der Waals surface area contributed by atoms with Gasteiger partial charge in [-0.3, -0.25) is 4.52 Å². The van der Waals surface area contributed by atoms with Gasteiger partial charge in [0.05, 0.1) is 12.2 Å². The lowest BCUT2D eigenvalue weighted by molar-refractivity contribution is -0.133. The molecule has 0 heterocycles. The average molecular weight is 369 g/mol. The van der Waals surface area contributed by atoms with Crippen LogP contribution in [-0.2, 0) is 13.9 Å². The van der Waals surface area contributed by atoms with Crippen LogP contribution in [0.2, 0.25) is 0 Å². The molecular weight excluding hydrogens is 337 g/mol. The molecule has 5 nitrogen and oxygen atoms in total. The zero-order chi connectivity index (χ0) is 18.1. The molecule has 0 amide bonds. The Bertz CT molecular complexity index is 468. The summed E-state index contributed by atoms with van der Waals surface area (Å²) in [6.07, 6.45) is 13.6. The first-order valence-electron chi connectivity index (χ1n) is 9.77. The van der Waals surface area contributed by atoms with Crippen molar-refractivity contribution >= 4 is 14.7 Å². The fourth-order valence-electron chi connectivity index (χ4n) is 4.59. The fraction of sp³-hybridized carbons (Fsp3) is 0.842. The predicted octanol–water partition coefficient (Wildman–Crippen LogP) is 4.86. The molecule has 1 unspecified atom stereocenters. The molecule has 1 atom stereocenters. The van der Waals surface area contributed by atoms with E-state index in [1.165, 1.54) is 38.5 Å². The first kappa shape index (κ1) is 20.5. The van der Waals surface area contributed by atoms with E-state index >= 15 is 0 Å². The molecule has 0 aromatic rings. The van der Waals surface area contributed by atoms with E-state index in [-0.39, 0.29) is 24.1 Å². The van der Waals surface area contributed by atoms with Gasteiger partial charge in [0, 0.05) is 6.04 Å². The highest BCUT2D eigenvalue weighted by Crippen LogP contribution is 2.36. The molecule has 0 bridgehead atoms. The number of carboxylic acid groups (broad SMARTS) is 1. The van der Waals surface area contributed by atoms with Gasteiger partial charge < -0.3 is 10.8 Å². The summed E-state index contributed by atoms with van der Waals surface area (Å²) in [4.78, 5) is 11.8. The number of hydrogen-bond donors (Lipinski definition) is 2. The second-order valence-electron chi connectivity index (χ2n) is 7.70. The summed E-state index contributed by atoms with van der Waals surface area (Å²) in [6.45, 7) is -0.109. The third kappa shape index (κ3) is 6.80. The van der Waals surface area contributed by atoms with Crippen LogP contribution in [0.1, 0.15) is 77.0 Å². The molecule has 2 aliphatic rings. The Kier molecular flexibility index (Phi) is 9.08. The summed E-state index contributed by atoms with van der Waals surface area (Å²) in [6, 6.07) is -0.000760. The third-order valence-electron chi connectivity index (χ3n) is 5.85. The van der Waals surface area contributed by atoms with Gasteiger partial charge in [0.15, 0.2) is 0 Å². The minimum absolute atomic E-state index is 0.000760. The second-order valence-corrected chi connectivity index (χ2v) is 8.10. The maximum atomic E-state index is 11.8. The van der Waals surface area contributed by atoms with Crippen molar-refractivity contribution in [2.24, 2.45) is 17.6 Å². The molecule has 0 aromatic heterocycles. The van der Waals surface area contributed by atoms with Gasteiger partial charge in [-0.15, -0.1) is 0 Å². The summed E-state index contributed by atoms with van der Waals surface area (Å²) in [5.74, 6) is -0.000640. The van der Waals surface area contributed by atoms with Crippen LogP contribution < -0.4 is 5.73 Å². The van der Waals surface area contributed by atoms with E-state index in [0.29, 0.717) is 12.3 Å². The highest BCUT2D eigenvalue weighted by molar-refractivity contribution is 7.17. The van der Waals surface area contributed by atoms with Crippen LogP contribution in [0.4, 0.5) is 0 Å². The van der Waals surface area contributed by atoms with Gasteiger partial charge >= 0.3 is 14.7 Å². The Morgan fingerprint density at radius 3 is 2.24 bits per heavy atom. The minimum atomic E-state index is -0.964. The largest absolute Gasteiger partial charge is 0.478 e. The minimum Gasteiger partial charge on any atom is -0.478 e. The van der Waals surface area contributed by atoms with E-state index in [1.54, 1.807) is 0 Å². The van der Waals surface area contributed by atoms with Crippen LogP contribution >= 0.6 is 8.69 Å². The molecule has 0 aliphatic heterocycles. The molecule has 3 N–H and O–H groups in total. The first-order chi connectivity index (χ1) is 12.1. The molecule has 6 heteroatoms. The Hall–Kier alpha value is -0.770. The maximum absolute atomic E-state index is 11.8. The van der Waals surface area contributed by atoms with Gasteiger partial charge in [-0.1, -0.05) is 56.9 Å². The fourth-order valence-corrected chi connectivity index (χ4v) is 4.77. The standard InChI is InChI=1S/C19H32NO4P/c20-16(11-14-7-3-1-4-8-14)12-17(15-9-5-2-6-10-15)18(19(21)22)13-24-25-23/h14-16H,1-13,20H2,(H,21,22). The van der Waals surface area contributed by atoms with Crippen LogP contribution in [0, 0.1) is 11.8 Å². The molecule has 142 valence electrons. The normalized spacial score (nSPS) is 22.6. The third-order valence-corrected chi connectivity index (χ3v) is 6.08. The highest BCUT2D eigenvalue weighted by Gasteiger charge is 2.27. The van der Waals surface area contributed by atoms with Crippen LogP contribution in [0.15, 0.2) is 11.1 Å². The summed E-state index contributed by atoms with van der Waals surface area (Å²) in [5.41, 5.74) is 7.66. The van der Waals surface area contributed by atoms with E-state index in [4.69, 9.17) is 10.3 Å². The van der Waals surface area contributed by atoms with Crippen molar-refractivity contribution in [2.75, 3.05) is 6.61 Å². The lowest BCUT2D eigenvalue weighted by Gasteiger charge is -2.30. The molecule has 2 aliphatic carbocycles. The molecule has 0 radical (unpaired) electrons. The monoisotopic (exact) mass is 369 g/mol. The lowest BCUT2D eigenvalue weighted by atomic mass is 9.77. The zero-order valence-corrected chi connectivity index (χ0v) is 16.0. The van der Waals surface area contributed by atoms with Crippen molar-refractivity contribution in [3.05, 3.63) is 11.1 Å². The van der Waals surface area contributed by atoms with E-state index in [0.717, 1.165) is 37.7 Å². The Labute approximate surface area is 152 Å². The van der Waals surface area contributed by atoms with E-state index in [2.05, 4.69) is 0 Å². The van der Waals surface area contributed by atoms with E-state index in [1.807, 2.05) is 0 Å². The number of hydrogen-bond acceptors (Lipinski definition) is 4.